The molecule has 0 radical (unpaired) electrons. The molecule has 0 aromatic carbocycles. The Bertz CT molecular complexity index is 385. The Balaban J connectivity index is 3.08. The Morgan fingerprint density at radius 3 is 2.79 bits per heavy atom. The Morgan fingerprint density at radius 1 is 1.64 bits per heavy atom. The first kappa shape index (κ1) is 10.5. The minimum atomic E-state index is -0.499. The Kier molecular flexibility index (Phi) is 3.43. The van der Waals surface area contributed by atoms with E-state index in [-0.39, 0.29) is 0 Å². The fraction of sp³-hybridized carbons (Fsp3) is 0.200. The maximum absolute atomic E-state index is 11.3. The van der Waals surface area contributed by atoms with Crippen molar-refractivity contribution in [2.24, 2.45) is 0 Å². The molecule has 1 aromatic rings. The van der Waals surface area contributed by atoms with Gasteiger partial charge in [-0.15, -0.1) is 11.3 Å². The standard InChI is InChI=1S/C10H10N2OS/c1-12(2)7-8(9(13)6-11)10-4-3-5-14-10/h3-5,7H,1-2H3. The topological polar surface area (TPSA) is 44.1 Å². The maximum atomic E-state index is 11.3. The molecular weight excluding hydrogens is 196 g/mol. The molecule has 0 spiro atoms. The van der Waals surface area contributed by atoms with E-state index in [1.165, 1.54) is 11.3 Å². The van der Waals surface area contributed by atoms with Gasteiger partial charge in [0.1, 0.15) is 6.07 Å². The molecule has 4 heteroatoms. The smallest absolute Gasteiger partial charge is 0.265 e. The highest BCUT2D eigenvalue weighted by Gasteiger charge is 2.12. The zero-order chi connectivity index (χ0) is 10.6. The number of Topliss-reactive ketones (excluding diaryl/α,β-unsaturated/α-hetero) is 1. The summed E-state index contributed by atoms with van der Waals surface area (Å²) >= 11 is 1.45. The fourth-order valence-corrected chi connectivity index (χ4v) is 1.72. The number of hydrogen-bond donors (Lipinski definition) is 0. The summed E-state index contributed by atoms with van der Waals surface area (Å²) in [5, 5.41) is 10.4. The van der Waals surface area contributed by atoms with Crippen molar-refractivity contribution in [2.45, 2.75) is 0 Å². The zero-order valence-electron chi connectivity index (χ0n) is 8.02. The molecule has 14 heavy (non-hydrogen) atoms. The second kappa shape index (κ2) is 4.58. The molecule has 0 saturated heterocycles. The molecule has 0 fully saturated rings. The van der Waals surface area contributed by atoms with Crippen LogP contribution in [-0.4, -0.2) is 24.8 Å². The SMILES string of the molecule is CN(C)C=C(C(=O)C#N)c1cccs1. The maximum Gasteiger partial charge on any atom is 0.265 e. The number of thiophene rings is 1. The van der Waals surface area contributed by atoms with Gasteiger partial charge in [-0.25, -0.2) is 0 Å². The van der Waals surface area contributed by atoms with Crippen molar-refractivity contribution < 1.29 is 4.79 Å². The van der Waals surface area contributed by atoms with E-state index in [9.17, 15) is 4.79 Å². The number of ketones is 1. The lowest BCUT2D eigenvalue weighted by Gasteiger charge is -2.06. The van der Waals surface area contributed by atoms with E-state index in [4.69, 9.17) is 5.26 Å². The third-order valence-electron chi connectivity index (χ3n) is 1.52. The van der Waals surface area contributed by atoms with Crippen LogP contribution >= 0.6 is 11.3 Å². The number of allylic oxidation sites excluding steroid dienone is 1. The van der Waals surface area contributed by atoms with Crippen LogP contribution < -0.4 is 0 Å². The number of carbonyl (C=O) groups is 1. The lowest BCUT2D eigenvalue weighted by molar-refractivity contribution is -0.109. The van der Waals surface area contributed by atoms with Gasteiger partial charge in [0.25, 0.3) is 5.78 Å². The summed E-state index contributed by atoms with van der Waals surface area (Å²) in [4.78, 5) is 13.9. The highest BCUT2D eigenvalue weighted by Crippen LogP contribution is 2.20. The van der Waals surface area contributed by atoms with Crippen molar-refractivity contribution >= 4 is 22.7 Å². The number of nitrogens with zero attached hydrogens (tertiary/aromatic N) is 2. The van der Waals surface area contributed by atoms with Gasteiger partial charge in [-0.3, -0.25) is 4.79 Å². The van der Waals surface area contributed by atoms with Gasteiger partial charge in [0, 0.05) is 25.2 Å². The number of hydrogen-bond acceptors (Lipinski definition) is 4. The van der Waals surface area contributed by atoms with E-state index in [0.717, 1.165) is 4.88 Å². The summed E-state index contributed by atoms with van der Waals surface area (Å²) in [6.07, 6.45) is 1.66. The summed E-state index contributed by atoms with van der Waals surface area (Å²) in [6, 6.07) is 5.32. The summed E-state index contributed by atoms with van der Waals surface area (Å²) in [6.45, 7) is 0. The second-order valence-electron chi connectivity index (χ2n) is 2.92. The van der Waals surface area contributed by atoms with Crippen molar-refractivity contribution in [2.75, 3.05) is 14.1 Å². The highest BCUT2D eigenvalue weighted by atomic mass is 32.1. The van der Waals surface area contributed by atoms with Crippen LogP contribution in [0, 0.1) is 11.3 Å². The molecule has 1 rings (SSSR count). The van der Waals surface area contributed by atoms with E-state index in [1.54, 1.807) is 17.2 Å². The van der Waals surface area contributed by atoms with E-state index >= 15 is 0 Å². The predicted molar refractivity (Wildman–Crippen MR) is 56.6 cm³/mol. The minimum absolute atomic E-state index is 0.451. The largest absolute Gasteiger partial charge is 0.383 e. The molecule has 72 valence electrons. The first-order valence-electron chi connectivity index (χ1n) is 4.01. The van der Waals surface area contributed by atoms with Crippen molar-refractivity contribution in [3.8, 4) is 6.07 Å². The predicted octanol–water partition coefficient (Wildman–Crippen LogP) is 1.74. The van der Waals surface area contributed by atoms with Gasteiger partial charge >= 0.3 is 0 Å². The first-order valence-corrected chi connectivity index (χ1v) is 4.89. The second-order valence-corrected chi connectivity index (χ2v) is 3.87. The average Bonchev–Trinajstić information content (AvgIpc) is 2.65. The molecule has 0 aliphatic carbocycles. The summed E-state index contributed by atoms with van der Waals surface area (Å²) < 4.78 is 0. The van der Waals surface area contributed by atoms with E-state index in [0.29, 0.717) is 5.57 Å². The first-order chi connectivity index (χ1) is 6.65. The van der Waals surface area contributed by atoms with Crippen molar-refractivity contribution in [1.82, 2.24) is 4.90 Å². The highest BCUT2D eigenvalue weighted by molar-refractivity contribution is 7.11. The van der Waals surface area contributed by atoms with Gasteiger partial charge in [-0.2, -0.15) is 5.26 Å². The molecule has 0 bridgehead atoms. The van der Waals surface area contributed by atoms with Gasteiger partial charge in [0.05, 0.1) is 5.57 Å². The van der Waals surface area contributed by atoms with Crippen LogP contribution in [0.15, 0.2) is 23.7 Å². The Hall–Kier alpha value is -1.60. The van der Waals surface area contributed by atoms with Crippen molar-refractivity contribution in [3.63, 3.8) is 0 Å². The van der Waals surface area contributed by atoms with Gasteiger partial charge in [0.2, 0.25) is 0 Å². The summed E-state index contributed by atoms with van der Waals surface area (Å²) in [5.41, 5.74) is 0.451. The normalized spacial score (nSPS) is 10.8. The lowest BCUT2D eigenvalue weighted by atomic mass is 10.1. The van der Waals surface area contributed by atoms with Crippen LogP contribution in [0.5, 0.6) is 0 Å². The van der Waals surface area contributed by atoms with Crippen LogP contribution in [0.1, 0.15) is 4.88 Å². The number of carbonyl (C=O) groups excluding carboxylic acids is 1. The van der Waals surface area contributed by atoms with E-state index in [2.05, 4.69) is 0 Å². The molecule has 0 aliphatic rings. The lowest BCUT2D eigenvalue weighted by Crippen LogP contribution is -2.06. The molecule has 0 N–H and O–H groups in total. The van der Waals surface area contributed by atoms with Gasteiger partial charge < -0.3 is 4.90 Å². The number of rotatable bonds is 3. The number of nitriles is 1. The molecule has 0 saturated carbocycles. The van der Waals surface area contributed by atoms with Crippen LogP contribution in [-0.2, 0) is 4.79 Å². The van der Waals surface area contributed by atoms with E-state index in [1.807, 2.05) is 31.6 Å². The van der Waals surface area contributed by atoms with Gasteiger partial charge in [-0.05, 0) is 11.4 Å². The molecule has 0 unspecified atom stereocenters. The zero-order valence-corrected chi connectivity index (χ0v) is 8.84. The third kappa shape index (κ3) is 2.44. The quantitative estimate of drug-likeness (QED) is 0.559. The van der Waals surface area contributed by atoms with Gasteiger partial charge in [-0.1, -0.05) is 6.07 Å². The average molecular weight is 206 g/mol. The third-order valence-corrected chi connectivity index (χ3v) is 2.42. The monoisotopic (exact) mass is 206 g/mol. The Labute approximate surface area is 86.9 Å². The molecule has 1 heterocycles. The Morgan fingerprint density at radius 2 is 2.36 bits per heavy atom. The molecule has 1 aromatic heterocycles. The van der Waals surface area contributed by atoms with Crippen LogP contribution in [0.25, 0.3) is 5.57 Å². The summed E-state index contributed by atoms with van der Waals surface area (Å²) in [7, 11) is 3.64. The fourth-order valence-electron chi connectivity index (χ4n) is 0.984. The summed E-state index contributed by atoms with van der Waals surface area (Å²) in [5.74, 6) is -0.499. The molecular formula is C10H10N2OS. The van der Waals surface area contributed by atoms with Crippen molar-refractivity contribution in [3.05, 3.63) is 28.6 Å². The molecule has 3 nitrogen and oxygen atoms in total. The molecule has 0 atom stereocenters. The minimum Gasteiger partial charge on any atom is -0.383 e. The molecule has 0 aliphatic heterocycles. The molecule has 0 amide bonds. The van der Waals surface area contributed by atoms with E-state index < -0.39 is 5.78 Å². The van der Waals surface area contributed by atoms with Crippen LogP contribution in [0.4, 0.5) is 0 Å². The van der Waals surface area contributed by atoms with Crippen molar-refractivity contribution in [1.29, 1.82) is 5.26 Å². The van der Waals surface area contributed by atoms with Crippen LogP contribution in [0.2, 0.25) is 0 Å². The van der Waals surface area contributed by atoms with Gasteiger partial charge in [0.15, 0.2) is 0 Å². The van der Waals surface area contributed by atoms with Crippen LogP contribution in [0.3, 0.4) is 0 Å².